The van der Waals surface area contributed by atoms with Crippen molar-refractivity contribution < 1.29 is 9.53 Å². The number of hydrogen-bond donors (Lipinski definition) is 0. The van der Waals surface area contributed by atoms with Gasteiger partial charge in [-0.15, -0.1) is 11.8 Å². The van der Waals surface area contributed by atoms with Crippen molar-refractivity contribution in [2.45, 2.75) is 5.03 Å². The number of ether oxygens (including phenoxy) is 1. The minimum absolute atomic E-state index is 0.198. The van der Waals surface area contributed by atoms with Crippen LogP contribution in [0.4, 0.5) is 4.79 Å². The molecule has 0 unspecified atom stereocenters. The van der Waals surface area contributed by atoms with E-state index in [1.807, 2.05) is 18.2 Å². The number of nitrogens with zero attached hydrogens (tertiary/aromatic N) is 2. The van der Waals surface area contributed by atoms with Gasteiger partial charge in [0.25, 0.3) is 0 Å². The molecule has 4 nitrogen and oxygen atoms in total. The lowest BCUT2D eigenvalue weighted by Gasteiger charge is -2.11. The van der Waals surface area contributed by atoms with Gasteiger partial charge >= 0.3 is 6.09 Å². The maximum atomic E-state index is 11.1. The van der Waals surface area contributed by atoms with Gasteiger partial charge in [-0.05, 0) is 12.1 Å². The van der Waals surface area contributed by atoms with E-state index in [0.29, 0.717) is 13.2 Å². The first-order valence-electron chi connectivity index (χ1n) is 4.82. The summed E-state index contributed by atoms with van der Waals surface area (Å²) in [6, 6.07) is 5.81. The van der Waals surface area contributed by atoms with Crippen molar-refractivity contribution in [3.05, 3.63) is 24.4 Å². The Labute approximate surface area is 92.6 Å². The largest absolute Gasteiger partial charge is 0.448 e. The highest BCUT2D eigenvalue weighted by molar-refractivity contribution is 7.99. The van der Waals surface area contributed by atoms with E-state index in [9.17, 15) is 4.79 Å². The Bertz CT molecular complexity index is 331. The number of carbonyl (C=O) groups is 1. The number of thioether (sulfide) groups is 1. The molecule has 1 aliphatic rings. The van der Waals surface area contributed by atoms with Gasteiger partial charge in [-0.25, -0.2) is 9.78 Å². The maximum Gasteiger partial charge on any atom is 0.409 e. The lowest BCUT2D eigenvalue weighted by atomic mass is 10.5. The summed E-state index contributed by atoms with van der Waals surface area (Å²) in [5, 5.41) is 0.991. The van der Waals surface area contributed by atoms with Crippen LogP contribution in [0.1, 0.15) is 0 Å². The summed E-state index contributed by atoms with van der Waals surface area (Å²) in [5.74, 6) is 0.853. The Morgan fingerprint density at radius 3 is 3.13 bits per heavy atom. The number of aromatic nitrogens is 1. The third-order valence-corrected chi connectivity index (χ3v) is 3.02. The van der Waals surface area contributed by atoms with E-state index < -0.39 is 0 Å². The third-order valence-electron chi connectivity index (χ3n) is 2.09. The van der Waals surface area contributed by atoms with Crippen LogP contribution in [-0.4, -0.2) is 41.4 Å². The molecule has 15 heavy (non-hydrogen) atoms. The number of rotatable bonds is 4. The van der Waals surface area contributed by atoms with E-state index in [1.165, 1.54) is 0 Å². The Morgan fingerprint density at radius 2 is 2.47 bits per heavy atom. The monoisotopic (exact) mass is 224 g/mol. The Hall–Kier alpha value is -1.23. The molecule has 1 aromatic heterocycles. The molecule has 5 heteroatoms. The first-order valence-corrected chi connectivity index (χ1v) is 5.80. The van der Waals surface area contributed by atoms with Crippen LogP contribution < -0.4 is 0 Å². The standard InChI is InChI=1S/C10H12N2O2S/c13-10-12(5-7-14-10)6-8-15-9-3-1-2-4-11-9/h1-4H,5-8H2. The van der Waals surface area contributed by atoms with Gasteiger partial charge in [0, 0.05) is 18.5 Å². The molecule has 2 heterocycles. The van der Waals surface area contributed by atoms with Gasteiger partial charge in [0.15, 0.2) is 0 Å². The van der Waals surface area contributed by atoms with Gasteiger partial charge in [-0.3, -0.25) is 0 Å². The van der Waals surface area contributed by atoms with Crippen LogP contribution in [0, 0.1) is 0 Å². The number of carbonyl (C=O) groups excluding carboxylic acids is 1. The van der Waals surface area contributed by atoms with Crippen LogP contribution in [-0.2, 0) is 4.74 Å². The summed E-state index contributed by atoms with van der Waals surface area (Å²) < 4.78 is 4.83. The third kappa shape index (κ3) is 2.86. The molecule has 1 fully saturated rings. The van der Waals surface area contributed by atoms with Crippen molar-refractivity contribution >= 4 is 17.9 Å². The fourth-order valence-electron chi connectivity index (χ4n) is 1.32. The zero-order valence-corrected chi connectivity index (χ0v) is 9.07. The van der Waals surface area contributed by atoms with Crippen LogP contribution in [0.2, 0.25) is 0 Å². The molecule has 2 rings (SSSR count). The van der Waals surface area contributed by atoms with Crippen molar-refractivity contribution in [1.29, 1.82) is 0 Å². The van der Waals surface area contributed by atoms with Crippen LogP contribution in [0.5, 0.6) is 0 Å². The zero-order valence-electron chi connectivity index (χ0n) is 8.26. The highest BCUT2D eigenvalue weighted by Gasteiger charge is 2.20. The maximum absolute atomic E-state index is 11.1. The van der Waals surface area contributed by atoms with Crippen molar-refractivity contribution in [2.75, 3.05) is 25.4 Å². The second kappa shape index (κ2) is 5.02. The van der Waals surface area contributed by atoms with Crippen molar-refractivity contribution in [3.8, 4) is 0 Å². The van der Waals surface area contributed by atoms with Gasteiger partial charge in [-0.2, -0.15) is 0 Å². The zero-order chi connectivity index (χ0) is 10.5. The second-order valence-corrected chi connectivity index (χ2v) is 4.23. The van der Waals surface area contributed by atoms with E-state index in [-0.39, 0.29) is 6.09 Å². The molecule has 1 saturated heterocycles. The number of hydrogen-bond acceptors (Lipinski definition) is 4. The number of amides is 1. The van der Waals surface area contributed by atoms with Gasteiger partial charge < -0.3 is 9.64 Å². The summed E-state index contributed by atoms with van der Waals surface area (Å²) in [6.45, 7) is 1.95. The molecule has 0 aromatic carbocycles. The summed E-state index contributed by atoms with van der Waals surface area (Å²) in [4.78, 5) is 17.0. The first kappa shape index (κ1) is 10.3. The molecule has 0 aliphatic carbocycles. The first-order chi connectivity index (χ1) is 7.36. The fourth-order valence-corrected chi connectivity index (χ4v) is 2.15. The topological polar surface area (TPSA) is 42.4 Å². The summed E-state index contributed by atoms with van der Waals surface area (Å²) in [6.07, 6.45) is 1.57. The fraction of sp³-hybridized carbons (Fsp3) is 0.400. The molecule has 0 bridgehead atoms. The summed E-state index contributed by atoms with van der Waals surface area (Å²) in [7, 11) is 0. The molecule has 1 aliphatic heterocycles. The van der Waals surface area contributed by atoms with Crippen molar-refractivity contribution in [2.24, 2.45) is 0 Å². The minimum Gasteiger partial charge on any atom is -0.448 e. The normalized spacial score (nSPS) is 15.5. The summed E-state index contributed by atoms with van der Waals surface area (Å²) >= 11 is 1.65. The van der Waals surface area contributed by atoms with Crippen LogP contribution in [0.25, 0.3) is 0 Å². The highest BCUT2D eigenvalue weighted by atomic mass is 32.2. The van der Waals surface area contributed by atoms with Crippen molar-refractivity contribution in [1.82, 2.24) is 9.88 Å². The molecule has 0 saturated carbocycles. The smallest absolute Gasteiger partial charge is 0.409 e. The quantitative estimate of drug-likeness (QED) is 0.729. The van der Waals surface area contributed by atoms with Gasteiger partial charge in [0.05, 0.1) is 11.6 Å². The Kier molecular flexibility index (Phi) is 3.45. The SMILES string of the molecule is O=C1OCCN1CCSc1ccccn1. The number of pyridine rings is 1. The van der Waals surface area contributed by atoms with Gasteiger partial charge in [-0.1, -0.05) is 6.07 Å². The van der Waals surface area contributed by atoms with Crippen LogP contribution in [0.3, 0.4) is 0 Å². The van der Waals surface area contributed by atoms with E-state index in [4.69, 9.17) is 4.74 Å². The molecule has 1 amide bonds. The minimum atomic E-state index is -0.198. The van der Waals surface area contributed by atoms with E-state index in [1.54, 1.807) is 22.9 Å². The van der Waals surface area contributed by atoms with Gasteiger partial charge in [0.2, 0.25) is 0 Å². The van der Waals surface area contributed by atoms with Gasteiger partial charge in [0.1, 0.15) is 6.61 Å². The Morgan fingerprint density at radius 1 is 1.53 bits per heavy atom. The molecular formula is C10H12N2O2S. The molecule has 1 aromatic rings. The average molecular weight is 224 g/mol. The molecule has 0 atom stereocenters. The highest BCUT2D eigenvalue weighted by Crippen LogP contribution is 2.14. The molecular weight excluding hydrogens is 212 g/mol. The summed E-state index contributed by atoms with van der Waals surface area (Å²) in [5.41, 5.74) is 0. The second-order valence-electron chi connectivity index (χ2n) is 3.12. The molecule has 0 N–H and O–H groups in total. The van der Waals surface area contributed by atoms with Crippen LogP contribution in [0.15, 0.2) is 29.4 Å². The lowest BCUT2D eigenvalue weighted by Crippen LogP contribution is -2.26. The van der Waals surface area contributed by atoms with E-state index >= 15 is 0 Å². The van der Waals surface area contributed by atoms with Crippen LogP contribution >= 0.6 is 11.8 Å². The predicted octanol–water partition coefficient (Wildman–Crippen LogP) is 1.63. The Balaban J connectivity index is 1.73. The molecule has 0 radical (unpaired) electrons. The van der Waals surface area contributed by atoms with E-state index in [2.05, 4.69) is 4.98 Å². The predicted molar refractivity (Wildman–Crippen MR) is 57.9 cm³/mol. The van der Waals surface area contributed by atoms with E-state index in [0.717, 1.165) is 17.3 Å². The molecule has 80 valence electrons. The number of cyclic esters (lactones) is 1. The lowest BCUT2D eigenvalue weighted by molar-refractivity contribution is 0.160. The average Bonchev–Trinajstić information content (AvgIpc) is 2.66. The van der Waals surface area contributed by atoms with Crippen molar-refractivity contribution in [3.63, 3.8) is 0 Å². The molecule has 0 spiro atoms.